The second-order valence-electron chi connectivity index (χ2n) is 4.00. The Morgan fingerprint density at radius 1 is 1.26 bits per heavy atom. The number of benzene rings is 1. The van der Waals surface area contributed by atoms with Gasteiger partial charge in [0.05, 0.1) is 16.7 Å². The van der Waals surface area contributed by atoms with Crippen LogP contribution < -0.4 is 0 Å². The highest BCUT2D eigenvalue weighted by atomic mass is 16.4. The largest absolute Gasteiger partial charge is 0.478 e. The molecule has 1 heterocycles. The zero-order valence-corrected chi connectivity index (χ0v) is 10.3. The van der Waals surface area contributed by atoms with Crippen molar-refractivity contribution >= 4 is 17.8 Å². The van der Waals surface area contributed by atoms with Gasteiger partial charge in [-0.1, -0.05) is 0 Å². The molecule has 0 saturated carbocycles. The summed E-state index contributed by atoms with van der Waals surface area (Å²) >= 11 is 0. The van der Waals surface area contributed by atoms with Crippen LogP contribution in [0.2, 0.25) is 0 Å². The van der Waals surface area contributed by atoms with Crippen molar-refractivity contribution in [2.45, 2.75) is 13.3 Å². The summed E-state index contributed by atoms with van der Waals surface area (Å²) in [5, 5.41) is 8.88. The second-order valence-corrected chi connectivity index (χ2v) is 4.00. The highest BCUT2D eigenvalue weighted by molar-refractivity contribution is 6.21. The molecule has 1 aliphatic rings. The van der Waals surface area contributed by atoms with Crippen LogP contribution in [0.5, 0.6) is 0 Å². The van der Waals surface area contributed by atoms with Crippen LogP contribution in [0.3, 0.4) is 0 Å². The molecule has 96 valence electrons. The maximum Gasteiger partial charge on any atom is 0.335 e. The number of nitrogens with zero attached hydrogens (tertiary/aromatic N) is 1. The van der Waals surface area contributed by atoms with Crippen molar-refractivity contribution in [1.82, 2.24) is 4.90 Å². The van der Waals surface area contributed by atoms with Crippen molar-refractivity contribution < 1.29 is 19.5 Å². The highest BCUT2D eigenvalue weighted by Crippen LogP contribution is 2.24. The number of aromatic carboxylic acids is 1. The van der Waals surface area contributed by atoms with Gasteiger partial charge in [0.15, 0.2) is 0 Å². The van der Waals surface area contributed by atoms with Gasteiger partial charge >= 0.3 is 5.97 Å². The molecular formula is C14H11NO4. The van der Waals surface area contributed by atoms with Crippen LogP contribution in [0.1, 0.15) is 44.4 Å². The molecule has 2 rings (SSSR count). The van der Waals surface area contributed by atoms with E-state index >= 15 is 0 Å². The molecule has 0 atom stereocenters. The lowest BCUT2D eigenvalue weighted by atomic mass is 10.1. The minimum atomic E-state index is -1.13. The molecule has 2 amide bonds. The number of carbonyl (C=O) groups is 3. The molecule has 0 unspecified atom stereocenters. The number of carboxylic acids is 1. The van der Waals surface area contributed by atoms with E-state index in [2.05, 4.69) is 11.8 Å². The maximum absolute atomic E-state index is 12.0. The second kappa shape index (κ2) is 4.94. The average Bonchev–Trinajstić information content (AvgIpc) is 2.63. The van der Waals surface area contributed by atoms with Crippen LogP contribution >= 0.6 is 0 Å². The lowest BCUT2D eigenvalue weighted by Crippen LogP contribution is -2.30. The van der Waals surface area contributed by atoms with Crippen molar-refractivity contribution in [3.05, 3.63) is 34.9 Å². The van der Waals surface area contributed by atoms with Crippen LogP contribution in [0.25, 0.3) is 0 Å². The zero-order chi connectivity index (χ0) is 14.0. The average molecular weight is 257 g/mol. The number of imide groups is 1. The molecule has 19 heavy (non-hydrogen) atoms. The van der Waals surface area contributed by atoms with Gasteiger partial charge in [0.1, 0.15) is 0 Å². The van der Waals surface area contributed by atoms with E-state index in [-0.39, 0.29) is 23.2 Å². The number of rotatable bonds is 3. The van der Waals surface area contributed by atoms with Crippen LogP contribution in [-0.2, 0) is 0 Å². The first-order valence-corrected chi connectivity index (χ1v) is 5.69. The van der Waals surface area contributed by atoms with Gasteiger partial charge in [-0.05, 0) is 25.1 Å². The van der Waals surface area contributed by atoms with Gasteiger partial charge in [-0.3, -0.25) is 14.5 Å². The summed E-state index contributed by atoms with van der Waals surface area (Å²) in [6.45, 7) is 1.90. The predicted molar refractivity (Wildman–Crippen MR) is 66.8 cm³/mol. The van der Waals surface area contributed by atoms with E-state index in [9.17, 15) is 14.4 Å². The zero-order valence-electron chi connectivity index (χ0n) is 10.3. The van der Waals surface area contributed by atoms with E-state index in [1.54, 1.807) is 6.92 Å². The Bertz CT molecular complexity index is 637. The van der Waals surface area contributed by atoms with Crippen molar-refractivity contribution in [1.29, 1.82) is 0 Å². The summed E-state index contributed by atoms with van der Waals surface area (Å²) in [5.74, 6) is 3.49. The summed E-state index contributed by atoms with van der Waals surface area (Å²) in [5.41, 5.74) is 0.393. The molecule has 1 aromatic carbocycles. The third-order valence-corrected chi connectivity index (χ3v) is 2.85. The molecule has 0 spiro atoms. The number of carbonyl (C=O) groups excluding carboxylic acids is 2. The Hall–Kier alpha value is -2.61. The SMILES string of the molecule is CC#CCCN1C(=O)c2ccc(C(=O)O)cc2C1=O. The van der Waals surface area contributed by atoms with Gasteiger partial charge in [-0.2, -0.15) is 0 Å². The Balaban J connectivity index is 2.32. The smallest absolute Gasteiger partial charge is 0.335 e. The monoisotopic (exact) mass is 257 g/mol. The number of hydrogen-bond acceptors (Lipinski definition) is 3. The lowest BCUT2D eigenvalue weighted by Gasteiger charge is -2.10. The van der Waals surface area contributed by atoms with Gasteiger partial charge < -0.3 is 5.11 Å². The van der Waals surface area contributed by atoms with Crippen molar-refractivity contribution in [2.24, 2.45) is 0 Å². The number of hydrogen-bond donors (Lipinski definition) is 1. The molecule has 5 nitrogen and oxygen atoms in total. The molecule has 0 saturated heterocycles. The Labute approximate surface area is 109 Å². The van der Waals surface area contributed by atoms with Gasteiger partial charge in [0.25, 0.3) is 11.8 Å². The summed E-state index contributed by atoms with van der Waals surface area (Å²) in [6, 6.07) is 3.94. The van der Waals surface area contributed by atoms with Crippen LogP contribution in [-0.4, -0.2) is 34.3 Å². The first kappa shape index (κ1) is 12.8. The summed E-state index contributed by atoms with van der Waals surface area (Å²) in [7, 11) is 0. The fraction of sp³-hybridized carbons (Fsp3) is 0.214. The topological polar surface area (TPSA) is 74.7 Å². The molecule has 1 N–H and O–H groups in total. The highest BCUT2D eigenvalue weighted by Gasteiger charge is 2.35. The fourth-order valence-electron chi connectivity index (χ4n) is 1.92. The molecule has 0 radical (unpaired) electrons. The van der Waals surface area contributed by atoms with Crippen LogP contribution in [0, 0.1) is 11.8 Å². The van der Waals surface area contributed by atoms with E-state index in [1.807, 2.05) is 0 Å². The molecule has 5 heteroatoms. The molecule has 1 aromatic rings. The molecule has 0 aromatic heterocycles. The summed E-state index contributed by atoms with van der Waals surface area (Å²) < 4.78 is 0. The van der Waals surface area contributed by atoms with Gasteiger partial charge in [0.2, 0.25) is 0 Å². The van der Waals surface area contributed by atoms with Crippen LogP contribution in [0.4, 0.5) is 0 Å². The van der Waals surface area contributed by atoms with Gasteiger partial charge in [0, 0.05) is 13.0 Å². The first-order valence-electron chi connectivity index (χ1n) is 5.69. The molecule has 0 fully saturated rings. The van der Waals surface area contributed by atoms with Gasteiger partial charge in [-0.25, -0.2) is 4.79 Å². The third kappa shape index (κ3) is 2.20. The Morgan fingerprint density at radius 3 is 2.58 bits per heavy atom. The minimum absolute atomic E-state index is 0.00454. The fourth-order valence-corrected chi connectivity index (χ4v) is 1.92. The lowest BCUT2D eigenvalue weighted by molar-refractivity contribution is 0.0655. The van der Waals surface area contributed by atoms with Crippen molar-refractivity contribution in [3.63, 3.8) is 0 Å². The number of carboxylic acid groups (broad SMARTS) is 1. The molecule has 1 aliphatic heterocycles. The predicted octanol–water partition coefficient (Wildman–Crippen LogP) is 1.39. The molecule has 0 bridgehead atoms. The quantitative estimate of drug-likeness (QED) is 0.656. The van der Waals surface area contributed by atoms with E-state index in [4.69, 9.17) is 5.11 Å². The van der Waals surface area contributed by atoms with Crippen molar-refractivity contribution in [2.75, 3.05) is 6.54 Å². The molecular weight excluding hydrogens is 246 g/mol. The van der Waals surface area contributed by atoms with Gasteiger partial charge in [-0.15, -0.1) is 11.8 Å². The third-order valence-electron chi connectivity index (χ3n) is 2.85. The van der Waals surface area contributed by atoms with Crippen LogP contribution in [0.15, 0.2) is 18.2 Å². The normalized spacial score (nSPS) is 13.0. The van der Waals surface area contributed by atoms with E-state index in [0.717, 1.165) is 4.90 Å². The number of fused-ring (bicyclic) bond motifs is 1. The van der Waals surface area contributed by atoms with Crippen molar-refractivity contribution in [3.8, 4) is 11.8 Å². The molecule has 0 aliphatic carbocycles. The number of amides is 2. The summed E-state index contributed by atoms with van der Waals surface area (Å²) in [6.07, 6.45) is 0.410. The standard InChI is InChI=1S/C14H11NO4/c1-2-3-4-7-15-12(16)10-6-5-9(14(18)19)8-11(10)13(15)17/h5-6,8H,4,7H2,1H3,(H,18,19). The Morgan fingerprint density at radius 2 is 1.95 bits per heavy atom. The maximum atomic E-state index is 12.0. The van der Waals surface area contributed by atoms with E-state index < -0.39 is 17.8 Å². The van der Waals surface area contributed by atoms with E-state index in [1.165, 1.54) is 18.2 Å². The van der Waals surface area contributed by atoms with E-state index in [0.29, 0.717) is 6.42 Å². The first-order chi connectivity index (χ1) is 9.06. The minimum Gasteiger partial charge on any atom is -0.478 e. The Kier molecular flexibility index (Phi) is 3.34. The summed E-state index contributed by atoms with van der Waals surface area (Å²) in [4.78, 5) is 36.0.